The number of carbonyl (C=O) groups is 1. The summed E-state index contributed by atoms with van der Waals surface area (Å²) in [5.41, 5.74) is 0. The predicted octanol–water partition coefficient (Wildman–Crippen LogP) is 13.8. The molecule has 5 nitrogen and oxygen atoms in total. The minimum atomic E-state index is -1.13. The molecule has 0 saturated carbocycles. The number of nitrogens with one attached hydrogen (secondary N) is 1. The third-order valence-corrected chi connectivity index (χ3v) is 11.5. The Bertz CT molecular complexity index is 688. The van der Waals surface area contributed by atoms with Crippen molar-refractivity contribution in [3.8, 4) is 0 Å². The topological polar surface area (TPSA) is 89.8 Å². The normalized spacial score (nSPS) is 13.4. The number of aliphatic hydroxyl groups excluding tert-OH is 3. The number of aliphatic hydroxyl groups is 3. The van der Waals surface area contributed by atoms with E-state index in [1.807, 2.05) is 0 Å². The zero-order valence-corrected chi connectivity index (χ0v) is 35.5. The maximum absolute atomic E-state index is 12.4. The van der Waals surface area contributed by atoms with E-state index in [1.165, 1.54) is 205 Å². The molecule has 0 aromatic rings. The molecule has 0 aliphatic heterocycles. The summed E-state index contributed by atoms with van der Waals surface area (Å²) in [6.07, 6.45) is 49.6. The summed E-state index contributed by atoms with van der Waals surface area (Å²) in [6, 6.07) is -0.801. The van der Waals surface area contributed by atoms with Gasteiger partial charge in [-0.3, -0.25) is 4.79 Å². The molecule has 0 rings (SSSR count). The van der Waals surface area contributed by atoms with Crippen LogP contribution in [-0.4, -0.2) is 46.1 Å². The average Bonchev–Trinajstić information content (AvgIpc) is 3.15. The van der Waals surface area contributed by atoms with Crippen LogP contribution in [0.1, 0.15) is 271 Å². The lowest BCUT2D eigenvalue weighted by atomic mass is 9.99. The summed E-state index contributed by atoms with van der Waals surface area (Å²) < 4.78 is 0. The van der Waals surface area contributed by atoms with Gasteiger partial charge in [0.25, 0.3) is 0 Å². The van der Waals surface area contributed by atoms with Crippen LogP contribution in [0.15, 0.2) is 0 Å². The van der Waals surface area contributed by atoms with Crippen molar-refractivity contribution in [3.63, 3.8) is 0 Å². The molecule has 0 saturated heterocycles. The third kappa shape index (κ3) is 37.7. The molecule has 0 spiro atoms. The van der Waals surface area contributed by atoms with Crippen LogP contribution in [0.4, 0.5) is 0 Å². The average molecular weight is 738 g/mol. The van der Waals surface area contributed by atoms with Crippen LogP contribution in [0.25, 0.3) is 0 Å². The minimum Gasteiger partial charge on any atom is -0.394 e. The molecule has 312 valence electrons. The van der Waals surface area contributed by atoms with Crippen molar-refractivity contribution >= 4 is 5.91 Å². The van der Waals surface area contributed by atoms with Crippen molar-refractivity contribution in [2.45, 2.75) is 289 Å². The van der Waals surface area contributed by atoms with Crippen LogP contribution >= 0.6 is 0 Å². The molecule has 4 N–H and O–H groups in total. The second-order valence-electron chi connectivity index (χ2n) is 16.7. The van der Waals surface area contributed by atoms with Gasteiger partial charge < -0.3 is 20.6 Å². The van der Waals surface area contributed by atoms with Gasteiger partial charge in [0.1, 0.15) is 6.10 Å². The van der Waals surface area contributed by atoms with E-state index >= 15 is 0 Å². The number of unbranched alkanes of at least 4 members (excludes halogenated alkanes) is 36. The molecule has 0 heterocycles. The highest BCUT2D eigenvalue weighted by Gasteiger charge is 2.26. The molecule has 0 unspecified atom stereocenters. The first-order valence-corrected chi connectivity index (χ1v) is 23.8. The molecular formula is C47H95NO4. The summed E-state index contributed by atoms with van der Waals surface area (Å²) in [5.74, 6) is -0.140. The van der Waals surface area contributed by atoms with Crippen LogP contribution < -0.4 is 5.32 Å². The molecule has 0 bridgehead atoms. The van der Waals surface area contributed by atoms with E-state index in [2.05, 4.69) is 19.2 Å². The second-order valence-corrected chi connectivity index (χ2v) is 16.7. The lowest BCUT2D eigenvalue weighted by Gasteiger charge is -2.26. The second kappa shape index (κ2) is 43.1. The highest BCUT2D eigenvalue weighted by Crippen LogP contribution is 2.17. The molecule has 0 aliphatic rings. The predicted molar refractivity (Wildman–Crippen MR) is 227 cm³/mol. The zero-order chi connectivity index (χ0) is 38.0. The van der Waals surface area contributed by atoms with Gasteiger partial charge in [0.2, 0.25) is 5.91 Å². The highest BCUT2D eigenvalue weighted by atomic mass is 16.3. The van der Waals surface area contributed by atoms with Gasteiger partial charge in [0, 0.05) is 6.42 Å². The van der Waals surface area contributed by atoms with Gasteiger partial charge in [-0.05, 0) is 12.8 Å². The SMILES string of the molecule is CCCCCCCCCCCCCCCCCCCCCCCCCCCCCCC(=O)N[C@@H](CO)[C@H](O)[C@H](O)CCCCCCCCCCCC. The first-order valence-electron chi connectivity index (χ1n) is 23.8. The third-order valence-electron chi connectivity index (χ3n) is 11.5. The molecule has 5 heteroatoms. The number of amides is 1. The quantitative estimate of drug-likeness (QED) is 0.0469. The van der Waals surface area contributed by atoms with E-state index in [0.717, 1.165) is 38.5 Å². The first kappa shape index (κ1) is 51.4. The Morgan fingerprint density at radius 3 is 0.923 bits per heavy atom. The molecule has 0 radical (unpaired) electrons. The molecule has 0 aliphatic carbocycles. The molecule has 3 atom stereocenters. The number of hydrogen-bond donors (Lipinski definition) is 4. The van der Waals surface area contributed by atoms with Crippen molar-refractivity contribution < 1.29 is 20.1 Å². The maximum Gasteiger partial charge on any atom is 0.220 e. The van der Waals surface area contributed by atoms with Crippen LogP contribution in [0.5, 0.6) is 0 Å². The standard InChI is InChI=1S/C47H95NO4/c1-3-5-7-9-11-13-15-16-17-18-19-20-21-22-23-24-25-26-27-28-29-30-31-32-34-36-38-40-42-46(51)48-44(43-49)47(52)45(50)41-39-37-35-33-14-12-10-8-6-4-2/h44-45,47,49-50,52H,3-43H2,1-2H3,(H,48,51)/t44-,45+,47-/m0/s1. The number of hydrogen-bond acceptors (Lipinski definition) is 4. The van der Waals surface area contributed by atoms with Crippen molar-refractivity contribution in [2.24, 2.45) is 0 Å². The van der Waals surface area contributed by atoms with Gasteiger partial charge in [-0.25, -0.2) is 0 Å². The van der Waals surface area contributed by atoms with Crippen molar-refractivity contribution in [1.29, 1.82) is 0 Å². The highest BCUT2D eigenvalue weighted by molar-refractivity contribution is 5.76. The molecule has 0 fully saturated rings. The van der Waals surface area contributed by atoms with Gasteiger partial charge in [-0.2, -0.15) is 0 Å². The number of carbonyl (C=O) groups excluding carboxylic acids is 1. The van der Waals surface area contributed by atoms with Crippen molar-refractivity contribution in [2.75, 3.05) is 6.61 Å². The summed E-state index contributed by atoms with van der Waals surface area (Å²) in [6.45, 7) is 4.18. The van der Waals surface area contributed by atoms with Crippen LogP contribution in [0.2, 0.25) is 0 Å². The zero-order valence-electron chi connectivity index (χ0n) is 35.5. The molecule has 0 aromatic heterocycles. The smallest absolute Gasteiger partial charge is 0.220 e. The first-order chi connectivity index (χ1) is 25.6. The van der Waals surface area contributed by atoms with Gasteiger partial charge in [0.15, 0.2) is 0 Å². The molecule has 1 amide bonds. The van der Waals surface area contributed by atoms with Gasteiger partial charge in [0.05, 0.1) is 18.8 Å². The van der Waals surface area contributed by atoms with E-state index in [9.17, 15) is 20.1 Å². The van der Waals surface area contributed by atoms with E-state index < -0.39 is 18.2 Å². The van der Waals surface area contributed by atoms with E-state index in [-0.39, 0.29) is 12.5 Å². The Labute approximate surface area is 326 Å². The van der Waals surface area contributed by atoms with Crippen LogP contribution in [-0.2, 0) is 4.79 Å². The Morgan fingerprint density at radius 1 is 0.404 bits per heavy atom. The Kier molecular flexibility index (Phi) is 42.5. The fraction of sp³-hybridized carbons (Fsp3) is 0.979. The fourth-order valence-corrected chi connectivity index (χ4v) is 7.75. The number of rotatable bonds is 44. The Hall–Kier alpha value is -0.650. The summed E-state index contributed by atoms with van der Waals surface area (Å²) >= 11 is 0. The largest absolute Gasteiger partial charge is 0.394 e. The van der Waals surface area contributed by atoms with Gasteiger partial charge in [-0.15, -0.1) is 0 Å². The maximum atomic E-state index is 12.4. The Balaban J connectivity index is 3.45. The van der Waals surface area contributed by atoms with Gasteiger partial charge >= 0.3 is 0 Å². The van der Waals surface area contributed by atoms with Gasteiger partial charge in [-0.1, -0.05) is 251 Å². The lowest BCUT2D eigenvalue weighted by Crippen LogP contribution is -2.50. The summed E-state index contributed by atoms with van der Waals surface area (Å²) in [4.78, 5) is 12.4. The monoisotopic (exact) mass is 738 g/mol. The van der Waals surface area contributed by atoms with Crippen LogP contribution in [0.3, 0.4) is 0 Å². The van der Waals surface area contributed by atoms with E-state index in [4.69, 9.17) is 0 Å². The van der Waals surface area contributed by atoms with Crippen LogP contribution in [0, 0.1) is 0 Å². The van der Waals surface area contributed by atoms with Crippen molar-refractivity contribution in [1.82, 2.24) is 5.32 Å². The van der Waals surface area contributed by atoms with Crippen molar-refractivity contribution in [3.05, 3.63) is 0 Å². The summed E-state index contributed by atoms with van der Waals surface area (Å²) in [5, 5.41) is 33.4. The lowest BCUT2D eigenvalue weighted by molar-refractivity contribution is -0.124. The van der Waals surface area contributed by atoms with E-state index in [0.29, 0.717) is 12.8 Å². The Morgan fingerprint density at radius 2 is 0.654 bits per heavy atom. The molecule has 52 heavy (non-hydrogen) atoms. The summed E-state index contributed by atoms with van der Waals surface area (Å²) in [7, 11) is 0. The molecular weight excluding hydrogens is 643 g/mol. The minimum absolute atomic E-state index is 0.140. The fourth-order valence-electron chi connectivity index (χ4n) is 7.75. The molecule has 0 aromatic carbocycles. The van der Waals surface area contributed by atoms with E-state index in [1.54, 1.807) is 0 Å².